The average Bonchev–Trinajstić information content (AvgIpc) is 3.16. The Morgan fingerprint density at radius 1 is 0.462 bits per heavy atom. The molecule has 6 aromatic rings. The van der Waals surface area contributed by atoms with Crippen molar-refractivity contribution in [1.82, 2.24) is 14.8 Å². The van der Waals surface area contributed by atoms with Crippen LogP contribution in [0.2, 0.25) is 0 Å². The van der Waals surface area contributed by atoms with Gasteiger partial charge in [-0.05, 0) is 107 Å². The van der Waals surface area contributed by atoms with Crippen LogP contribution in [-0.4, -0.2) is 44.3 Å². The molecule has 3 N–H and O–H groups in total. The van der Waals surface area contributed by atoms with Crippen LogP contribution in [0.3, 0.4) is 0 Å². The van der Waals surface area contributed by atoms with E-state index in [2.05, 4.69) is 51.2 Å². The summed E-state index contributed by atoms with van der Waals surface area (Å²) >= 11 is 0. The summed E-state index contributed by atoms with van der Waals surface area (Å²) < 4.78 is 17.1. The number of phenols is 3. The van der Waals surface area contributed by atoms with Gasteiger partial charge in [-0.2, -0.15) is 0 Å². The van der Waals surface area contributed by atoms with Gasteiger partial charge in [0.25, 0.3) is 0 Å². The van der Waals surface area contributed by atoms with E-state index < -0.39 is 0 Å². The molecule has 0 amide bonds. The topological polar surface area (TPSA) is 108 Å². The first kappa shape index (κ1) is 35.8. The zero-order chi connectivity index (χ0) is 36.3. The molecule has 0 saturated heterocycles. The molecule has 0 unspecified atom stereocenters. The second kappa shape index (κ2) is 17.3. The van der Waals surface area contributed by atoms with E-state index in [0.29, 0.717) is 43.2 Å². The van der Waals surface area contributed by atoms with Crippen LogP contribution in [0.15, 0.2) is 134 Å². The van der Waals surface area contributed by atoms with E-state index in [4.69, 9.17) is 14.2 Å². The lowest BCUT2D eigenvalue weighted by Crippen LogP contribution is -2.23. The summed E-state index contributed by atoms with van der Waals surface area (Å²) in [5, 5.41) is 31.1. The normalized spacial score (nSPS) is 11.2. The van der Waals surface area contributed by atoms with Gasteiger partial charge in [0, 0.05) is 62.8 Å². The highest BCUT2D eigenvalue weighted by Gasteiger charge is 2.16. The van der Waals surface area contributed by atoms with Gasteiger partial charge in [0.2, 0.25) is 0 Å². The maximum atomic E-state index is 10.5. The van der Waals surface area contributed by atoms with E-state index in [1.54, 1.807) is 50.9 Å². The molecule has 0 radical (unpaired) electrons. The van der Waals surface area contributed by atoms with Gasteiger partial charge in [-0.3, -0.25) is 14.8 Å². The summed E-state index contributed by atoms with van der Waals surface area (Å²) in [6.45, 7) is 3.49. The summed E-state index contributed by atoms with van der Waals surface area (Å²) in [4.78, 5) is 8.63. The highest BCUT2D eigenvalue weighted by atomic mass is 16.5. The summed E-state index contributed by atoms with van der Waals surface area (Å²) in [7, 11) is 3.34. The maximum absolute atomic E-state index is 10.5. The van der Waals surface area contributed by atoms with Crippen LogP contribution in [0.1, 0.15) is 33.4 Å². The van der Waals surface area contributed by atoms with Crippen LogP contribution in [0.25, 0.3) is 0 Å². The van der Waals surface area contributed by atoms with Gasteiger partial charge in [0.15, 0.2) is 0 Å². The Bertz CT molecular complexity index is 1970. The number of phenolic OH excluding ortho intramolecular Hbond substituents is 3. The molecule has 9 heteroatoms. The van der Waals surface area contributed by atoms with Crippen molar-refractivity contribution < 1.29 is 29.5 Å². The number of aromatic hydroxyl groups is 3. The van der Waals surface area contributed by atoms with Gasteiger partial charge in [0.05, 0.1) is 14.2 Å². The molecule has 0 bridgehead atoms. The van der Waals surface area contributed by atoms with Crippen molar-refractivity contribution in [2.45, 2.75) is 39.3 Å². The van der Waals surface area contributed by atoms with Gasteiger partial charge in [-0.1, -0.05) is 36.4 Å². The van der Waals surface area contributed by atoms with E-state index in [0.717, 1.165) is 41.3 Å². The minimum Gasteiger partial charge on any atom is -0.508 e. The van der Waals surface area contributed by atoms with Crippen LogP contribution in [0.4, 0.5) is 0 Å². The van der Waals surface area contributed by atoms with Crippen molar-refractivity contribution in [3.63, 3.8) is 0 Å². The summed E-state index contributed by atoms with van der Waals surface area (Å²) in [6.07, 6.45) is 3.48. The number of methoxy groups -OCH3 is 2. The molecular weight excluding hydrogens is 654 g/mol. The minimum absolute atomic E-state index is 0.0751. The largest absolute Gasteiger partial charge is 0.508 e. The molecule has 0 aliphatic heterocycles. The van der Waals surface area contributed by atoms with Crippen LogP contribution in [0.5, 0.6) is 40.2 Å². The minimum atomic E-state index is 0.0751. The smallest absolute Gasteiger partial charge is 0.132 e. The first-order valence-corrected chi connectivity index (χ1v) is 17.0. The Morgan fingerprint density at radius 3 is 1.40 bits per heavy atom. The van der Waals surface area contributed by atoms with Crippen LogP contribution in [0, 0.1) is 0 Å². The van der Waals surface area contributed by atoms with Crippen molar-refractivity contribution in [1.29, 1.82) is 0 Å². The molecule has 0 atom stereocenters. The lowest BCUT2D eigenvalue weighted by atomic mass is 10.1. The Kier molecular flexibility index (Phi) is 11.9. The zero-order valence-electron chi connectivity index (χ0n) is 29.4. The molecule has 0 fully saturated rings. The highest BCUT2D eigenvalue weighted by Crippen LogP contribution is 2.32. The number of aromatic nitrogens is 1. The molecule has 52 heavy (non-hydrogen) atoms. The molecule has 1 heterocycles. The number of benzene rings is 5. The third-order valence-electron chi connectivity index (χ3n) is 8.74. The fourth-order valence-electron chi connectivity index (χ4n) is 6.08. The van der Waals surface area contributed by atoms with E-state index in [-0.39, 0.29) is 17.2 Å². The van der Waals surface area contributed by atoms with Crippen molar-refractivity contribution in [2.75, 3.05) is 14.2 Å². The fraction of sp³-hybridized carbons (Fsp3) is 0.186. The zero-order valence-corrected chi connectivity index (χ0v) is 29.4. The lowest BCUT2D eigenvalue weighted by Gasteiger charge is -2.25. The predicted octanol–water partition coefficient (Wildman–Crippen LogP) is 8.41. The molecule has 5 aromatic carbocycles. The SMILES string of the molecule is COc1ccc(CN(Cc2ccc(OC)cc2)Cc2ccc(Oc3ccc(O)cc3CN(Cc3ccncc3)Cc3cc(O)ccc3O)cc2)cc1. The highest BCUT2D eigenvalue weighted by molar-refractivity contribution is 5.44. The Labute approximate surface area is 304 Å². The molecular formula is C43H43N3O6. The number of hydrogen-bond donors (Lipinski definition) is 3. The molecule has 1 aromatic heterocycles. The number of pyridine rings is 1. The van der Waals surface area contributed by atoms with Gasteiger partial charge in [0.1, 0.15) is 40.2 Å². The summed E-state index contributed by atoms with van der Waals surface area (Å²) in [6, 6.07) is 37.8. The third-order valence-corrected chi connectivity index (χ3v) is 8.74. The second-order valence-corrected chi connectivity index (χ2v) is 12.7. The molecule has 6 rings (SSSR count). The van der Waals surface area contributed by atoms with E-state index in [1.807, 2.05) is 48.5 Å². The van der Waals surface area contributed by atoms with Crippen LogP contribution < -0.4 is 14.2 Å². The van der Waals surface area contributed by atoms with Crippen molar-refractivity contribution >= 4 is 0 Å². The molecule has 266 valence electrons. The maximum Gasteiger partial charge on any atom is 0.132 e. The number of rotatable bonds is 16. The fourth-order valence-corrected chi connectivity index (χ4v) is 6.08. The molecule has 0 aliphatic rings. The monoisotopic (exact) mass is 697 g/mol. The number of ether oxygens (including phenoxy) is 3. The van der Waals surface area contributed by atoms with Crippen molar-refractivity contribution in [3.05, 3.63) is 167 Å². The van der Waals surface area contributed by atoms with Crippen LogP contribution >= 0.6 is 0 Å². The molecule has 0 spiro atoms. The van der Waals surface area contributed by atoms with Gasteiger partial charge >= 0.3 is 0 Å². The number of nitrogens with zero attached hydrogens (tertiary/aromatic N) is 3. The summed E-state index contributed by atoms with van der Waals surface area (Å²) in [5.41, 5.74) is 5.89. The standard InChI is InChI=1S/C43H43N3O6/c1-50-39-11-3-31(4-12-39)25-45(26-32-5-13-40(51-2)14-6-32)27-33-7-15-41(16-8-33)52-43-18-10-38(48)24-36(43)30-46(28-34-19-21-44-22-20-34)29-35-23-37(47)9-17-42(35)49/h3-24,47-49H,25-30H2,1-2H3. The van der Waals surface area contributed by atoms with E-state index in [1.165, 1.54) is 23.3 Å². The quantitative estimate of drug-likeness (QED) is 0.0860. The number of hydrogen-bond acceptors (Lipinski definition) is 9. The van der Waals surface area contributed by atoms with Gasteiger partial charge in [-0.15, -0.1) is 0 Å². The van der Waals surface area contributed by atoms with Crippen LogP contribution in [-0.2, 0) is 39.3 Å². The molecule has 0 saturated carbocycles. The lowest BCUT2D eigenvalue weighted by molar-refractivity contribution is 0.241. The molecule has 0 aliphatic carbocycles. The van der Waals surface area contributed by atoms with E-state index >= 15 is 0 Å². The van der Waals surface area contributed by atoms with Gasteiger partial charge < -0.3 is 29.5 Å². The van der Waals surface area contributed by atoms with Crippen molar-refractivity contribution in [2.24, 2.45) is 0 Å². The van der Waals surface area contributed by atoms with Crippen molar-refractivity contribution in [3.8, 4) is 40.2 Å². The Morgan fingerprint density at radius 2 is 0.885 bits per heavy atom. The summed E-state index contributed by atoms with van der Waals surface area (Å²) in [5.74, 6) is 3.22. The third kappa shape index (κ3) is 10.0. The Balaban J connectivity index is 1.19. The first-order valence-electron chi connectivity index (χ1n) is 17.0. The Hall–Kier alpha value is -6.03. The van der Waals surface area contributed by atoms with E-state index in [9.17, 15) is 15.3 Å². The second-order valence-electron chi connectivity index (χ2n) is 12.7. The predicted molar refractivity (Wildman–Crippen MR) is 201 cm³/mol. The molecule has 9 nitrogen and oxygen atoms in total. The average molecular weight is 698 g/mol. The van der Waals surface area contributed by atoms with Gasteiger partial charge in [-0.25, -0.2) is 0 Å². The first-order chi connectivity index (χ1) is 25.3.